The van der Waals surface area contributed by atoms with Crippen LogP contribution < -0.4 is 16.0 Å². The average Bonchev–Trinajstić information content (AvgIpc) is 2.45. The minimum absolute atomic E-state index is 0.0884. The number of hydrogen-bond acceptors (Lipinski definition) is 3. The summed E-state index contributed by atoms with van der Waals surface area (Å²) in [6.45, 7) is 0.889. The van der Waals surface area contributed by atoms with E-state index < -0.39 is 18.6 Å². The van der Waals surface area contributed by atoms with Crippen LogP contribution in [0.15, 0.2) is 24.3 Å². The monoisotopic (exact) mass is 317 g/mol. The van der Waals surface area contributed by atoms with E-state index >= 15 is 0 Å². The second-order valence-electron chi connectivity index (χ2n) is 4.82. The van der Waals surface area contributed by atoms with Crippen LogP contribution in [0.2, 0.25) is 0 Å². The van der Waals surface area contributed by atoms with Crippen LogP contribution in [0.4, 0.5) is 18.9 Å². The van der Waals surface area contributed by atoms with E-state index in [1.807, 2.05) is 0 Å². The summed E-state index contributed by atoms with van der Waals surface area (Å²) in [6.07, 6.45) is -4.45. The van der Waals surface area contributed by atoms with Gasteiger partial charge < -0.3 is 16.0 Å². The van der Waals surface area contributed by atoms with Gasteiger partial charge in [-0.25, -0.2) is 0 Å². The molecule has 0 aromatic heterocycles. The second kappa shape index (κ2) is 7.79. The third kappa shape index (κ3) is 6.13. The Bertz CT molecular complexity index is 515. The van der Waals surface area contributed by atoms with Gasteiger partial charge in [0.15, 0.2) is 0 Å². The van der Waals surface area contributed by atoms with E-state index in [0.29, 0.717) is 12.2 Å². The highest BCUT2D eigenvalue weighted by Crippen LogP contribution is 2.14. The Morgan fingerprint density at radius 2 is 1.77 bits per heavy atom. The number of carbonyl (C=O) groups excluding carboxylic acids is 2. The lowest BCUT2D eigenvalue weighted by molar-refractivity contribution is -0.123. The number of amides is 2. The molecule has 122 valence electrons. The summed E-state index contributed by atoms with van der Waals surface area (Å²) in [5, 5.41) is 7.31. The van der Waals surface area contributed by atoms with E-state index in [-0.39, 0.29) is 17.4 Å². The SMILES string of the molecule is CNCC(C)C(=O)Nc1ccc(C(=O)NCC(F)(F)F)cc1. The first-order valence-electron chi connectivity index (χ1n) is 6.63. The molecular formula is C14H18F3N3O2. The van der Waals surface area contributed by atoms with E-state index in [0.717, 1.165) is 0 Å². The van der Waals surface area contributed by atoms with E-state index in [1.54, 1.807) is 19.3 Å². The van der Waals surface area contributed by atoms with Crippen LogP contribution in [0.25, 0.3) is 0 Å². The molecule has 5 nitrogen and oxygen atoms in total. The van der Waals surface area contributed by atoms with Crippen LogP contribution >= 0.6 is 0 Å². The molecule has 22 heavy (non-hydrogen) atoms. The van der Waals surface area contributed by atoms with Gasteiger partial charge in [-0.05, 0) is 31.3 Å². The van der Waals surface area contributed by atoms with Crippen LogP contribution in [-0.2, 0) is 4.79 Å². The predicted molar refractivity (Wildman–Crippen MR) is 76.6 cm³/mol. The molecule has 0 saturated heterocycles. The number of carbonyl (C=O) groups is 2. The van der Waals surface area contributed by atoms with Gasteiger partial charge in [0.2, 0.25) is 5.91 Å². The first kappa shape index (κ1) is 18.0. The summed E-state index contributed by atoms with van der Waals surface area (Å²) < 4.78 is 36.0. The van der Waals surface area contributed by atoms with Gasteiger partial charge in [-0.3, -0.25) is 9.59 Å². The Labute approximate surface area is 126 Å². The highest BCUT2D eigenvalue weighted by molar-refractivity contribution is 5.96. The highest BCUT2D eigenvalue weighted by Gasteiger charge is 2.27. The topological polar surface area (TPSA) is 70.2 Å². The molecule has 0 aliphatic carbocycles. The fraction of sp³-hybridized carbons (Fsp3) is 0.429. The van der Waals surface area contributed by atoms with E-state index in [2.05, 4.69) is 10.6 Å². The van der Waals surface area contributed by atoms with Crippen molar-refractivity contribution in [3.8, 4) is 0 Å². The molecule has 0 radical (unpaired) electrons. The largest absolute Gasteiger partial charge is 0.405 e. The summed E-state index contributed by atoms with van der Waals surface area (Å²) in [6, 6.07) is 5.63. The summed E-state index contributed by atoms with van der Waals surface area (Å²) in [5.74, 6) is -1.25. The van der Waals surface area contributed by atoms with Crippen molar-refractivity contribution in [3.63, 3.8) is 0 Å². The average molecular weight is 317 g/mol. The summed E-state index contributed by atoms with van der Waals surface area (Å²) in [7, 11) is 1.73. The standard InChI is InChI=1S/C14H18F3N3O2/c1-9(7-18-2)12(21)20-11-5-3-10(4-6-11)13(22)19-8-14(15,16)17/h3-6,9,18H,7-8H2,1-2H3,(H,19,22)(H,20,21). The van der Waals surface area contributed by atoms with Crippen LogP contribution in [0.3, 0.4) is 0 Å². The Morgan fingerprint density at radius 1 is 1.18 bits per heavy atom. The minimum Gasteiger partial charge on any atom is -0.343 e. The van der Waals surface area contributed by atoms with Crippen molar-refractivity contribution in [2.45, 2.75) is 13.1 Å². The molecule has 8 heteroatoms. The van der Waals surface area contributed by atoms with Crippen molar-refractivity contribution in [1.82, 2.24) is 10.6 Å². The Hall–Kier alpha value is -2.09. The third-order valence-electron chi connectivity index (χ3n) is 2.82. The maximum absolute atomic E-state index is 12.0. The van der Waals surface area contributed by atoms with E-state index in [1.165, 1.54) is 24.3 Å². The highest BCUT2D eigenvalue weighted by atomic mass is 19.4. The first-order chi connectivity index (χ1) is 10.2. The first-order valence-corrected chi connectivity index (χ1v) is 6.63. The minimum atomic E-state index is -4.45. The van der Waals surface area contributed by atoms with Gasteiger partial charge in [0.25, 0.3) is 5.91 Å². The molecular weight excluding hydrogens is 299 g/mol. The molecule has 0 bridgehead atoms. The van der Waals surface area contributed by atoms with Crippen molar-refractivity contribution in [2.24, 2.45) is 5.92 Å². The number of rotatable bonds is 6. The number of benzene rings is 1. The van der Waals surface area contributed by atoms with E-state index in [9.17, 15) is 22.8 Å². The molecule has 1 rings (SSSR count). The molecule has 1 unspecified atom stereocenters. The van der Waals surface area contributed by atoms with Gasteiger partial charge in [-0.2, -0.15) is 13.2 Å². The van der Waals surface area contributed by atoms with Gasteiger partial charge in [0, 0.05) is 23.7 Å². The molecule has 0 aliphatic heterocycles. The van der Waals surface area contributed by atoms with Crippen LogP contribution in [0.5, 0.6) is 0 Å². The zero-order chi connectivity index (χ0) is 16.8. The fourth-order valence-corrected chi connectivity index (χ4v) is 1.65. The van der Waals surface area contributed by atoms with Gasteiger partial charge in [-0.15, -0.1) is 0 Å². The van der Waals surface area contributed by atoms with Crippen molar-refractivity contribution in [3.05, 3.63) is 29.8 Å². The fourth-order valence-electron chi connectivity index (χ4n) is 1.65. The van der Waals surface area contributed by atoms with Crippen molar-refractivity contribution in [1.29, 1.82) is 0 Å². The number of hydrogen-bond donors (Lipinski definition) is 3. The number of anilines is 1. The lowest BCUT2D eigenvalue weighted by Gasteiger charge is -2.12. The van der Waals surface area contributed by atoms with E-state index in [4.69, 9.17) is 0 Å². The molecule has 1 atom stereocenters. The predicted octanol–water partition coefficient (Wildman–Crippen LogP) is 1.77. The normalized spacial score (nSPS) is 12.6. The number of alkyl halides is 3. The van der Waals surface area contributed by atoms with Crippen molar-refractivity contribution < 1.29 is 22.8 Å². The second-order valence-corrected chi connectivity index (χ2v) is 4.82. The Kier molecular flexibility index (Phi) is 6.36. The molecule has 0 saturated carbocycles. The smallest absolute Gasteiger partial charge is 0.343 e. The summed E-state index contributed by atoms with van der Waals surface area (Å²) in [5.41, 5.74) is 0.561. The van der Waals surface area contributed by atoms with Crippen molar-refractivity contribution >= 4 is 17.5 Å². The molecule has 1 aromatic carbocycles. The van der Waals surface area contributed by atoms with Crippen LogP contribution in [0, 0.1) is 5.92 Å². The van der Waals surface area contributed by atoms with Crippen molar-refractivity contribution in [2.75, 3.05) is 25.5 Å². The molecule has 1 aromatic rings. The molecule has 0 spiro atoms. The summed E-state index contributed by atoms with van der Waals surface area (Å²) >= 11 is 0. The molecule has 0 heterocycles. The van der Waals surface area contributed by atoms with Gasteiger partial charge in [0.1, 0.15) is 6.54 Å². The maximum atomic E-state index is 12.0. The van der Waals surface area contributed by atoms with Gasteiger partial charge in [0.05, 0.1) is 0 Å². The zero-order valence-corrected chi connectivity index (χ0v) is 12.3. The molecule has 3 N–H and O–H groups in total. The zero-order valence-electron chi connectivity index (χ0n) is 12.3. The third-order valence-corrected chi connectivity index (χ3v) is 2.82. The maximum Gasteiger partial charge on any atom is 0.405 e. The lowest BCUT2D eigenvalue weighted by Crippen LogP contribution is -2.33. The van der Waals surface area contributed by atoms with Crippen LogP contribution in [-0.4, -0.2) is 38.1 Å². The quantitative estimate of drug-likeness (QED) is 0.749. The number of halogens is 3. The molecule has 0 fully saturated rings. The van der Waals surface area contributed by atoms with Gasteiger partial charge in [-0.1, -0.05) is 6.92 Å². The molecule has 0 aliphatic rings. The lowest BCUT2D eigenvalue weighted by atomic mass is 10.1. The Morgan fingerprint density at radius 3 is 2.27 bits per heavy atom. The summed E-state index contributed by atoms with van der Waals surface area (Å²) in [4.78, 5) is 23.3. The van der Waals surface area contributed by atoms with Gasteiger partial charge >= 0.3 is 6.18 Å². The number of nitrogens with one attached hydrogen (secondary N) is 3. The van der Waals surface area contributed by atoms with Crippen LogP contribution in [0.1, 0.15) is 17.3 Å². The Balaban J connectivity index is 2.59. The molecule has 2 amide bonds.